The number of nitrogens with zero attached hydrogens (tertiary/aromatic N) is 3. The highest BCUT2D eigenvalue weighted by atomic mass is 15.0. The number of rotatable bonds is 5. The molecular formula is C64H39N3. The summed E-state index contributed by atoms with van der Waals surface area (Å²) in [5.41, 5.74) is 15.2. The second kappa shape index (κ2) is 14.8. The first-order chi connectivity index (χ1) is 33.3. The van der Waals surface area contributed by atoms with Crippen molar-refractivity contribution in [1.29, 1.82) is 0 Å². The van der Waals surface area contributed by atoms with Crippen LogP contribution in [0, 0.1) is 0 Å². The van der Waals surface area contributed by atoms with E-state index >= 15 is 0 Å². The van der Waals surface area contributed by atoms with Gasteiger partial charge in [0.05, 0.1) is 22.1 Å². The number of benzene rings is 12. The largest absolute Gasteiger partial charge is 0.309 e. The molecule has 3 nitrogen and oxygen atoms in total. The normalized spacial score (nSPS) is 11.9. The Kier molecular flexibility index (Phi) is 8.28. The van der Waals surface area contributed by atoms with Gasteiger partial charge in [-0.05, 0) is 124 Å². The lowest BCUT2D eigenvalue weighted by Crippen LogP contribution is -1.93. The first kappa shape index (κ1) is 37.5. The topological polar surface area (TPSA) is 30.7 Å². The SMILES string of the molecule is c1ccc(-n2c3ccccc3c3cc(-c4ccc(-c5ccc(-c6ccc(-c7ccc8c(c7)c7ccccc7c7nccnc87)c7ccccc67)c6ccccc56)c5ccccc45)ccc32)cc1. The van der Waals surface area contributed by atoms with E-state index in [4.69, 9.17) is 9.97 Å². The molecule has 0 atom stereocenters. The van der Waals surface area contributed by atoms with Crippen molar-refractivity contribution in [2.24, 2.45) is 0 Å². The van der Waals surface area contributed by atoms with E-state index < -0.39 is 0 Å². The molecule has 0 saturated heterocycles. The highest BCUT2D eigenvalue weighted by Crippen LogP contribution is 2.45. The fourth-order valence-electron chi connectivity index (χ4n) is 11.1. The first-order valence-corrected chi connectivity index (χ1v) is 23.0. The standard InChI is InChI=1S/C64H39N3/c1-2-14-42(15-3-1)67-61-25-13-12-23-56(61)60-39-41(27-35-62(60)67)44-30-32-53(48-19-7-5-17-46(44)48)55-34-33-54(49-20-8-9-21-50(49)55)52-31-29-43(45-16-4-6-18-47(45)52)40-26-28-58-59(38-40)51-22-10-11-24-57(51)63-64(58)66-37-36-65-63/h1-39H. The summed E-state index contributed by atoms with van der Waals surface area (Å²) in [5.74, 6) is 0. The van der Waals surface area contributed by atoms with Crippen LogP contribution in [-0.4, -0.2) is 14.5 Å². The van der Waals surface area contributed by atoms with Crippen LogP contribution in [0.3, 0.4) is 0 Å². The van der Waals surface area contributed by atoms with Crippen LogP contribution >= 0.6 is 0 Å². The fraction of sp³-hybridized carbons (Fsp3) is 0. The molecule has 0 amide bonds. The number of para-hydroxylation sites is 2. The second-order valence-corrected chi connectivity index (χ2v) is 17.6. The van der Waals surface area contributed by atoms with Gasteiger partial charge in [0.2, 0.25) is 0 Å². The predicted octanol–water partition coefficient (Wildman–Crippen LogP) is 17.2. The van der Waals surface area contributed by atoms with Gasteiger partial charge in [0.15, 0.2) is 0 Å². The third-order valence-electron chi connectivity index (χ3n) is 14.1. The zero-order chi connectivity index (χ0) is 44.0. The van der Waals surface area contributed by atoms with Gasteiger partial charge in [-0.15, -0.1) is 0 Å². The molecule has 12 aromatic carbocycles. The summed E-state index contributed by atoms with van der Waals surface area (Å²) in [6.07, 6.45) is 3.58. The van der Waals surface area contributed by atoms with Gasteiger partial charge in [0, 0.05) is 39.6 Å². The quantitative estimate of drug-likeness (QED) is 0.162. The first-order valence-electron chi connectivity index (χ1n) is 23.0. The Morgan fingerprint density at radius 2 is 0.612 bits per heavy atom. The zero-order valence-corrected chi connectivity index (χ0v) is 36.4. The third kappa shape index (κ3) is 5.71. The van der Waals surface area contributed by atoms with Gasteiger partial charge >= 0.3 is 0 Å². The van der Waals surface area contributed by atoms with E-state index in [9.17, 15) is 0 Å². The van der Waals surface area contributed by atoms with Crippen LogP contribution < -0.4 is 0 Å². The summed E-state index contributed by atoms with van der Waals surface area (Å²) in [6.45, 7) is 0. The minimum atomic E-state index is 0.934. The lowest BCUT2D eigenvalue weighted by atomic mass is 9.86. The summed E-state index contributed by atoms with van der Waals surface area (Å²) in [7, 11) is 0. The Hall–Kier alpha value is -8.92. The van der Waals surface area contributed by atoms with E-state index in [0.29, 0.717) is 0 Å². The molecule has 3 heteroatoms. The molecule has 67 heavy (non-hydrogen) atoms. The molecule has 0 saturated carbocycles. The molecule has 0 aliphatic rings. The Labute approximate surface area is 386 Å². The monoisotopic (exact) mass is 849 g/mol. The second-order valence-electron chi connectivity index (χ2n) is 17.6. The van der Waals surface area contributed by atoms with Crippen LogP contribution in [0.4, 0.5) is 0 Å². The molecule has 0 N–H and O–H groups in total. The van der Waals surface area contributed by atoms with Crippen molar-refractivity contribution in [3.63, 3.8) is 0 Å². The molecule has 2 aromatic heterocycles. The van der Waals surface area contributed by atoms with Gasteiger partial charge in [-0.3, -0.25) is 9.97 Å². The summed E-state index contributed by atoms with van der Waals surface area (Å²) in [5, 5.41) is 14.5. The van der Waals surface area contributed by atoms with Gasteiger partial charge in [0.1, 0.15) is 0 Å². The maximum absolute atomic E-state index is 4.80. The van der Waals surface area contributed by atoms with Crippen molar-refractivity contribution in [3.05, 3.63) is 237 Å². The van der Waals surface area contributed by atoms with Crippen molar-refractivity contribution in [2.75, 3.05) is 0 Å². The van der Waals surface area contributed by atoms with Crippen LogP contribution in [0.25, 0.3) is 137 Å². The average Bonchev–Trinajstić information content (AvgIpc) is 3.74. The maximum atomic E-state index is 4.80. The Bertz CT molecular complexity index is 4300. The number of hydrogen-bond acceptors (Lipinski definition) is 2. The average molecular weight is 850 g/mol. The molecule has 310 valence electrons. The van der Waals surface area contributed by atoms with Gasteiger partial charge in [-0.2, -0.15) is 0 Å². The van der Waals surface area contributed by atoms with Crippen molar-refractivity contribution >= 4 is 86.7 Å². The minimum absolute atomic E-state index is 0.934. The number of aromatic nitrogens is 3. The minimum Gasteiger partial charge on any atom is -0.309 e. The molecule has 0 spiro atoms. The molecule has 14 aromatic rings. The third-order valence-corrected chi connectivity index (χ3v) is 14.1. The summed E-state index contributed by atoms with van der Waals surface area (Å²) < 4.78 is 2.38. The number of hydrogen-bond donors (Lipinski definition) is 0. The number of fused-ring (bicyclic) bond motifs is 12. The Morgan fingerprint density at radius 1 is 0.239 bits per heavy atom. The van der Waals surface area contributed by atoms with Gasteiger partial charge < -0.3 is 4.57 Å². The molecular weight excluding hydrogens is 811 g/mol. The fourth-order valence-corrected chi connectivity index (χ4v) is 11.1. The Balaban J connectivity index is 0.897. The molecule has 0 bridgehead atoms. The van der Waals surface area contributed by atoms with Gasteiger partial charge in [-0.1, -0.05) is 188 Å². The molecule has 0 aliphatic carbocycles. The highest BCUT2D eigenvalue weighted by molar-refractivity contribution is 6.24. The van der Waals surface area contributed by atoms with Gasteiger partial charge in [-0.25, -0.2) is 0 Å². The van der Waals surface area contributed by atoms with Crippen LogP contribution in [0.2, 0.25) is 0 Å². The lowest BCUT2D eigenvalue weighted by Gasteiger charge is -2.18. The zero-order valence-electron chi connectivity index (χ0n) is 36.4. The highest BCUT2D eigenvalue weighted by Gasteiger charge is 2.19. The lowest BCUT2D eigenvalue weighted by molar-refractivity contribution is 1.18. The molecule has 0 radical (unpaired) electrons. The summed E-state index contributed by atoms with van der Waals surface area (Å²) in [6, 6.07) is 82.5. The van der Waals surface area contributed by atoms with Crippen molar-refractivity contribution in [2.45, 2.75) is 0 Å². The van der Waals surface area contributed by atoms with Gasteiger partial charge in [0.25, 0.3) is 0 Å². The molecule has 0 aliphatic heterocycles. The van der Waals surface area contributed by atoms with E-state index in [-0.39, 0.29) is 0 Å². The molecule has 0 unspecified atom stereocenters. The van der Waals surface area contributed by atoms with Crippen molar-refractivity contribution in [3.8, 4) is 50.2 Å². The van der Waals surface area contributed by atoms with Crippen LogP contribution in [0.5, 0.6) is 0 Å². The van der Waals surface area contributed by atoms with E-state index in [1.165, 1.54) is 115 Å². The molecule has 2 heterocycles. The van der Waals surface area contributed by atoms with Crippen molar-refractivity contribution in [1.82, 2.24) is 14.5 Å². The predicted molar refractivity (Wildman–Crippen MR) is 283 cm³/mol. The summed E-state index contributed by atoms with van der Waals surface area (Å²) >= 11 is 0. The summed E-state index contributed by atoms with van der Waals surface area (Å²) in [4.78, 5) is 9.55. The smallest absolute Gasteiger partial charge is 0.0971 e. The van der Waals surface area contributed by atoms with E-state index in [1.54, 1.807) is 12.4 Å². The van der Waals surface area contributed by atoms with Crippen LogP contribution in [0.1, 0.15) is 0 Å². The van der Waals surface area contributed by atoms with Crippen LogP contribution in [0.15, 0.2) is 237 Å². The molecule has 0 fully saturated rings. The van der Waals surface area contributed by atoms with Crippen LogP contribution in [-0.2, 0) is 0 Å². The van der Waals surface area contributed by atoms with E-state index in [1.807, 2.05) is 0 Å². The Morgan fingerprint density at radius 3 is 1.15 bits per heavy atom. The molecule has 14 rings (SSSR count). The van der Waals surface area contributed by atoms with Crippen molar-refractivity contribution < 1.29 is 0 Å². The van der Waals surface area contributed by atoms with E-state index in [2.05, 4.69) is 229 Å². The van der Waals surface area contributed by atoms with E-state index in [0.717, 1.165) is 21.8 Å². The maximum Gasteiger partial charge on any atom is 0.0971 e.